The first-order valence-electron chi connectivity index (χ1n) is 15.9. The second-order valence-corrected chi connectivity index (χ2v) is 12.1. The maximum absolute atomic E-state index is 13.2. The fourth-order valence-corrected chi connectivity index (χ4v) is 5.76. The van der Waals surface area contributed by atoms with E-state index in [1.54, 1.807) is 39.0 Å². The van der Waals surface area contributed by atoms with Gasteiger partial charge in [-0.2, -0.15) is 0 Å². The third kappa shape index (κ3) is 12.5. The summed E-state index contributed by atoms with van der Waals surface area (Å²) in [7, 11) is 0. The lowest BCUT2D eigenvalue weighted by Crippen LogP contribution is -2.51. The van der Waals surface area contributed by atoms with Crippen LogP contribution in [0, 0.1) is 6.92 Å². The first kappa shape index (κ1) is 38.4. The number of carboxylic acids is 3. The molecule has 1 saturated heterocycles. The highest BCUT2D eigenvalue weighted by atomic mass is 35.5. The molecule has 0 aliphatic carbocycles. The van der Waals surface area contributed by atoms with Crippen molar-refractivity contribution in [2.45, 2.75) is 25.8 Å². The Balaban J connectivity index is 1.67. The van der Waals surface area contributed by atoms with Gasteiger partial charge in [0, 0.05) is 69.6 Å². The van der Waals surface area contributed by atoms with Gasteiger partial charge >= 0.3 is 17.9 Å². The topological polar surface area (TPSA) is 183 Å². The molecule has 5 N–H and O–H groups in total. The van der Waals surface area contributed by atoms with Crippen LogP contribution in [0.3, 0.4) is 0 Å². The van der Waals surface area contributed by atoms with Crippen LogP contribution >= 0.6 is 11.6 Å². The molecule has 1 fully saturated rings. The number of aldehydes is 1. The zero-order valence-corrected chi connectivity index (χ0v) is 27.9. The minimum absolute atomic E-state index is 0.108. The number of nitrogens with zero attached hydrogens (tertiary/aromatic N) is 4. The Morgan fingerprint density at radius 2 is 1.38 bits per heavy atom. The quantitative estimate of drug-likeness (QED) is 0.135. The van der Waals surface area contributed by atoms with Crippen molar-refractivity contribution < 1.29 is 39.3 Å². The van der Waals surface area contributed by atoms with E-state index in [-0.39, 0.29) is 58.1 Å². The molecule has 1 amide bonds. The summed E-state index contributed by atoms with van der Waals surface area (Å²) >= 11 is 6.26. The molecule has 0 saturated carbocycles. The third-order valence-electron chi connectivity index (χ3n) is 8.30. The first-order chi connectivity index (χ1) is 23.0. The van der Waals surface area contributed by atoms with Crippen molar-refractivity contribution in [1.29, 1.82) is 0 Å². The summed E-state index contributed by atoms with van der Waals surface area (Å²) < 4.78 is 0. The molecule has 0 aromatic heterocycles. The summed E-state index contributed by atoms with van der Waals surface area (Å²) in [6, 6.07) is 11.6. The molecule has 1 aliphatic heterocycles. The monoisotopic (exact) mass is 688 g/mol. The molecule has 48 heavy (non-hydrogen) atoms. The van der Waals surface area contributed by atoms with Gasteiger partial charge in [0.15, 0.2) is 0 Å². The highest BCUT2D eigenvalue weighted by molar-refractivity contribution is 6.31. The lowest BCUT2D eigenvalue weighted by atomic mass is 10.1. The molecule has 262 valence electrons. The third-order valence-corrected chi connectivity index (χ3v) is 8.71. The van der Waals surface area contributed by atoms with Gasteiger partial charge in [0.05, 0.1) is 30.9 Å². The number of carbonyl (C=O) groups is 5. The predicted octanol–water partition coefficient (Wildman–Crippen LogP) is 1.94. The molecule has 0 radical (unpaired) electrons. The number of para-hydroxylation sites is 1. The number of hydrogen-bond acceptors (Lipinski definition) is 10. The van der Waals surface area contributed by atoms with Crippen molar-refractivity contribution in [3.8, 4) is 0 Å². The van der Waals surface area contributed by atoms with Crippen LogP contribution in [0.15, 0.2) is 42.5 Å². The van der Waals surface area contributed by atoms with Crippen LogP contribution in [-0.4, -0.2) is 150 Å². The minimum atomic E-state index is -1.04. The Morgan fingerprint density at radius 3 is 1.98 bits per heavy atom. The van der Waals surface area contributed by atoms with Crippen molar-refractivity contribution in [3.05, 3.63) is 58.6 Å². The van der Waals surface area contributed by atoms with Gasteiger partial charge in [-0.15, -0.1) is 0 Å². The van der Waals surface area contributed by atoms with E-state index in [1.807, 2.05) is 30.0 Å². The summed E-state index contributed by atoms with van der Waals surface area (Å²) in [6.45, 7) is 4.16. The zero-order chi connectivity index (χ0) is 35.1. The molecular weight excluding hydrogens is 644 g/mol. The first-order valence-corrected chi connectivity index (χ1v) is 16.3. The number of aliphatic carboxylic acids is 3. The average molecular weight is 689 g/mol. The van der Waals surface area contributed by atoms with E-state index in [0.717, 1.165) is 17.5 Å². The smallest absolute Gasteiger partial charge is 0.320 e. The Bertz CT molecular complexity index is 1410. The molecule has 1 aliphatic rings. The summed E-state index contributed by atoms with van der Waals surface area (Å²) in [5.74, 6) is -3.41. The molecule has 15 heteroatoms. The fraction of sp³-hybridized carbons (Fsp3) is 0.485. The molecule has 0 bridgehead atoms. The number of halogens is 1. The molecule has 2 aromatic carbocycles. The van der Waals surface area contributed by atoms with Gasteiger partial charge in [0.25, 0.3) is 5.91 Å². The number of hydrogen-bond donors (Lipinski definition) is 5. The van der Waals surface area contributed by atoms with Gasteiger partial charge in [0.1, 0.15) is 12.3 Å². The van der Waals surface area contributed by atoms with Gasteiger partial charge in [-0.1, -0.05) is 29.8 Å². The van der Waals surface area contributed by atoms with E-state index < -0.39 is 23.9 Å². The van der Waals surface area contributed by atoms with Crippen LogP contribution in [0.4, 0.5) is 11.4 Å². The summed E-state index contributed by atoms with van der Waals surface area (Å²) in [5, 5.41) is 35.8. The number of carbonyl (C=O) groups excluding carboxylic acids is 2. The van der Waals surface area contributed by atoms with Gasteiger partial charge in [-0.05, 0) is 49.6 Å². The van der Waals surface area contributed by atoms with E-state index in [1.165, 1.54) is 0 Å². The van der Waals surface area contributed by atoms with Crippen molar-refractivity contribution in [2.24, 2.45) is 0 Å². The van der Waals surface area contributed by atoms with Crippen LogP contribution in [0.1, 0.15) is 28.8 Å². The number of carboxylic acid groups (broad SMARTS) is 3. The second-order valence-electron chi connectivity index (χ2n) is 11.7. The van der Waals surface area contributed by atoms with Crippen molar-refractivity contribution in [1.82, 2.24) is 24.9 Å². The maximum atomic E-state index is 13.2. The summed E-state index contributed by atoms with van der Waals surface area (Å²) in [6.07, 6.45) is 1.34. The molecule has 0 spiro atoms. The van der Waals surface area contributed by atoms with Crippen molar-refractivity contribution in [2.75, 3.05) is 83.9 Å². The van der Waals surface area contributed by atoms with E-state index in [9.17, 15) is 39.3 Å². The molecule has 3 rings (SSSR count). The minimum Gasteiger partial charge on any atom is -0.480 e. The van der Waals surface area contributed by atoms with Gasteiger partial charge in [0.2, 0.25) is 0 Å². The SMILES string of the molecule is Cc1c(Cl)cccc1Nc1ccccc1C(=O)NCCCC(C(=O)O)N1CCN(CC=O)CCN(CC(=O)O)CCN(CC(=O)O)CC1. The van der Waals surface area contributed by atoms with E-state index in [0.29, 0.717) is 55.4 Å². The number of amides is 1. The lowest BCUT2D eigenvalue weighted by Gasteiger charge is -2.35. The maximum Gasteiger partial charge on any atom is 0.320 e. The highest BCUT2D eigenvalue weighted by Gasteiger charge is 2.27. The van der Waals surface area contributed by atoms with Gasteiger partial charge in [-0.3, -0.25) is 38.8 Å². The Hall–Kier alpha value is -4.08. The Morgan fingerprint density at radius 1 is 0.812 bits per heavy atom. The van der Waals surface area contributed by atoms with Crippen LogP contribution < -0.4 is 10.6 Å². The van der Waals surface area contributed by atoms with Crippen molar-refractivity contribution >= 4 is 53.1 Å². The summed E-state index contributed by atoms with van der Waals surface area (Å²) in [5.41, 5.74) is 2.63. The predicted molar refractivity (Wildman–Crippen MR) is 181 cm³/mol. The van der Waals surface area contributed by atoms with Crippen LogP contribution in [0.2, 0.25) is 5.02 Å². The van der Waals surface area contributed by atoms with E-state index >= 15 is 0 Å². The summed E-state index contributed by atoms with van der Waals surface area (Å²) in [4.78, 5) is 67.1. The average Bonchev–Trinajstić information content (AvgIpc) is 3.03. The fourth-order valence-electron chi connectivity index (χ4n) is 5.58. The number of rotatable bonds is 15. The van der Waals surface area contributed by atoms with Crippen LogP contribution in [0.5, 0.6) is 0 Å². The Labute approximate surface area is 285 Å². The standard InChI is InChI=1S/C33H45ClN6O8/c1-24-26(34)7-4-9-27(24)36-28-8-3-2-6-25(28)32(46)35-11-5-10-29(33(47)48)40-18-16-37(20-21-41)12-13-38(22-30(42)43)14-15-39(17-19-40)23-31(44)45/h2-4,6-9,21,29,36H,5,10-20,22-23H2,1H3,(H,35,46)(H,42,43)(H,44,45)(H,47,48). The van der Waals surface area contributed by atoms with E-state index in [2.05, 4.69) is 10.6 Å². The zero-order valence-electron chi connectivity index (χ0n) is 27.1. The highest BCUT2D eigenvalue weighted by Crippen LogP contribution is 2.27. The molecule has 1 atom stereocenters. The molecule has 2 aromatic rings. The molecular formula is C33H45ClN6O8. The van der Waals surface area contributed by atoms with Crippen LogP contribution in [-0.2, 0) is 19.2 Å². The number of benzene rings is 2. The normalized spacial score (nSPS) is 16.6. The second kappa shape index (κ2) is 19.7. The van der Waals surface area contributed by atoms with E-state index in [4.69, 9.17) is 11.6 Å². The number of nitrogens with one attached hydrogen (secondary N) is 2. The molecule has 14 nitrogen and oxygen atoms in total. The van der Waals surface area contributed by atoms with Gasteiger partial charge < -0.3 is 30.7 Å². The van der Waals surface area contributed by atoms with Gasteiger partial charge in [-0.25, -0.2) is 0 Å². The van der Waals surface area contributed by atoms with Crippen molar-refractivity contribution in [3.63, 3.8) is 0 Å². The Kier molecular flexibility index (Phi) is 15.7. The molecule has 1 unspecified atom stereocenters. The molecule has 1 heterocycles. The lowest BCUT2D eigenvalue weighted by molar-refractivity contribution is -0.144. The van der Waals surface area contributed by atoms with Crippen LogP contribution in [0.25, 0.3) is 0 Å². The largest absolute Gasteiger partial charge is 0.480 e. The number of anilines is 2.